The van der Waals surface area contributed by atoms with E-state index in [4.69, 9.17) is 0 Å². The van der Waals surface area contributed by atoms with Crippen LogP contribution in [0.2, 0.25) is 0 Å². The first-order chi connectivity index (χ1) is 6.65. The van der Waals surface area contributed by atoms with Gasteiger partial charge in [-0.25, -0.2) is 4.98 Å². The number of aryl methyl sites for hydroxylation is 1. The summed E-state index contributed by atoms with van der Waals surface area (Å²) < 4.78 is 1.91. The quantitative estimate of drug-likeness (QED) is 0.716. The summed E-state index contributed by atoms with van der Waals surface area (Å²) >= 11 is 0. The fraction of sp³-hybridized carbons (Fsp3) is 0.600. The van der Waals surface area contributed by atoms with Gasteiger partial charge in [-0.15, -0.1) is 0 Å². The predicted octanol–water partition coefficient (Wildman–Crippen LogP) is 0.924. The molecule has 14 heavy (non-hydrogen) atoms. The Labute approximate surface area is 84.5 Å². The van der Waals surface area contributed by atoms with Crippen molar-refractivity contribution in [2.45, 2.75) is 26.3 Å². The Kier molecular flexibility index (Phi) is 3.68. The molecule has 0 radical (unpaired) electrons. The second-order valence-corrected chi connectivity index (χ2v) is 3.51. The first kappa shape index (κ1) is 10.8. The summed E-state index contributed by atoms with van der Waals surface area (Å²) in [6.07, 6.45) is 5.57. The molecule has 1 heterocycles. The van der Waals surface area contributed by atoms with E-state index in [0.29, 0.717) is 6.54 Å². The van der Waals surface area contributed by atoms with Crippen LogP contribution in [0.25, 0.3) is 0 Å². The zero-order valence-corrected chi connectivity index (χ0v) is 9.03. The Balaban J connectivity index is 2.66. The lowest BCUT2D eigenvalue weighted by atomic mass is 10.3. The Morgan fingerprint density at radius 3 is 2.86 bits per heavy atom. The normalized spacial score (nSPS) is 10.2. The fourth-order valence-corrected chi connectivity index (χ4v) is 1.22. The second kappa shape index (κ2) is 4.79. The monoisotopic (exact) mass is 195 g/mol. The van der Waals surface area contributed by atoms with Crippen LogP contribution >= 0.6 is 0 Å². The standard InChI is InChI=1S/C10H17N3O/c1-4-5-9-11-6-7-13(9)8-10(14)12(2)3/h6-7H,4-5,8H2,1-3H3. The van der Waals surface area contributed by atoms with Gasteiger partial charge in [0, 0.05) is 32.9 Å². The molecule has 4 nitrogen and oxygen atoms in total. The molecule has 1 aromatic rings. The number of rotatable bonds is 4. The summed E-state index contributed by atoms with van der Waals surface area (Å²) in [4.78, 5) is 17.2. The molecule has 0 aliphatic heterocycles. The van der Waals surface area contributed by atoms with Gasteiger partial charge < -0.3 is 9.47 Å². The molecule has 0 aliphatic carbocycles. The number of hydrogen-bond acceptors (Lipinski definition) is 2. The van der Waals surface area contributed by atoms with Gasteiger partial charge in [0.2, 0.25) is 5.91 Å². The smallest absolute Gasteiger partial charge is 0.242 e. The first-order valence-corrected chi connectivity index (χ1v) is 4.85. The molecule has 0 saturated carbocycles. The molecule has 0 aliphatic rings. The maximum Gasteiger partial charge on any atom is 0.242 e. The number of likely N-dealkylation sites (N-methyl/N-ethyl adjacent to an activating group) is 1. The van der Waals surface area contributed by atoms with Crippen LogP contribution < -0.4 is 0 Å². The van der Waals surface area contributed by atoms with Gasteiger partial charge in [0.05, 0.1) is 0 Å². The van der Waals surface area contributed by atoms with Gasteiger partial charge in [0.25, 0.3) is 0 Å². The topological polar surface area (TPSA) is 38.1 Å². The van der Waals surface area contributed by atoms with Crippen LogP contribution in [0.5, 0.6) is 0 Å². The van der Waals surface area contributed by atoms with Crippen molar-refractivity contribution < 1.29 is 4.79 Å². The van der Waals surface area contributed by atoms with Crippen molar-refractivity contribution in [3.8, 4) is 0 Å². The van der Waals surface area contributed by atoms with E-state index in [0.717, 1.165) is 18.7 Å². The van der Waals surface area contributed by atoms with Gasteiger partial charge in [-0.1, -0.05) is 6.92 Å². The third-order valence-electron chi connectivity index (χ3n) is 2.08. The van der Waals surface area contributed by atoms with Crippen molar-refractivity contribution in [1.29, 1.82) is 0 Å². The lowest BCUT2D eigenvalue weighted by molar-refractivity contribution is -0.129. The van der Waals surface area contributed by atoms with Crippen LogP contribution in [0, 0.1) is 0 Å². The largest absolute Gasteiger partial charge is 0.347 e. The van der Waals surface area contributed by atoms with Crippen LogP contribution in [0.15, 0.2) is 12.4 Å². The van der Waals surface area contributed by atoms with Crippen molar-refractivity contribution >= 4 is 5.91 Å². The summed E-state index contributed by atoms with van der Waals surface area (Å²) in [5, 5.41) is 0. The van der Waals surface area contributed by atoms with E-state index in [2.05, 4.69) is 11.9 Å². The van der Waals surface area contributed by atoms with Crippen molar-refractivity contribution in [3.05, 3.63) is 18.2 Å². The van der Waals surface area contributed by atoms with E-state index in [9.17, 15) is 4.79 Å². The van der Waals surface area contributed by atoms with Crippen molar-refractivity contribution in [2.24, 2.45) is 0 Å². The molecule has 0 N–H and O–H groups in total. The molecule has 1 aromatic heterocycles. The lowest BCUT2D eigenvalue weighted by Gasteiger charge is -2.12. The summed E-state index contributed by atoms with van der Waals surface area (Å²) in [7, 11) is 3.53. The number of amides is 1. The summed E-state index contributed by atoms with van der Waals surface area (Å²) in [6.45, 7) is 2.50. The minimum atomic E-state index is 0.0975. The molecular weight excluding hydrogens is 178 g/mol. The lowest BCUT2D eigenvalue weighted by Crippen LogP contribution is -2.26. The van der Waals surface area contributed by atoms with Gasteiger partial charge in [0.1, 0.15) is 12.4 Å². The fourth-order valence-electron chi connectivity index (χ4n) is 1.22. The molecule has 78 valence electrons. The Hall–Kier alpha value is -1.32. The van der Waals surface area contributed by atoms with E-state index in [1.54, 1.807) is 25.2 Å². The van der Waals surface area contributed by atoms with Gasteiger partial charge in [-0.3, -0.25) is 4.79 Å². The van der Waals surface area contributed by atoms with Gasteiger partial charge in [-0.2, -0.15) is 0 Å². The van der Waals surface area contributed by atoms with Crippen LogP contribution in [-0.4, -0.2) is 34.5 Å². The van der Waals surface area contributed by atoms with Crippen LogP contribution in [0.1, 0.15) is 19.2 Å². The summed E-state index contributed by atoms with van der Waals surface area (Å²) in [6, 6.07) is 0. The van der Waals surface area contributed by atoms with E-state index >= 15 is 0 Å². The number of hydrogen-bond donors (Lipinski definition) is 0. The minimum Gasteiger partial charge on any atom is -0.347 e. The highest BCUT2D eigenvalue weighted by Crippen LogP contribution is 2.01. The molecule has 1 rings (SSSR count). The average Bonchev–Trinajstić information content (AvgIpc) is 2.53. The van der Waals surface area contributed by atoms with E-state index in [-0.39, 0.29) is 5.91 Å². The van der Waals surface area contributed by atoms with Crippen molar-refractivity contribution in [3.63, 3.8) is 0 Å². The molecule has 0 aromatic carbocycles. The first-order valence-electron chi connectivity index (χ1n) is 4.85. The summed E-state index contributed by atoms with van der Waals surface area (Å²) in [5.41, 5.74) is 0. The van der Waals surface area contributed by atoms with E-state index in [1.807, 2.05) is 10.8 Å². The highest BCUT2D eigenvalue weighted by atomic mass is 16.2. The van der Waals surface area contributed by atoms with Crippen LogP contribution in [0.3, 0.4) is 0 Å². The zero-order valence-electron chi connectivity index (χ0n) is 9.03. The van der Waals surface area contributed by atoms with Crippen LogP contribution in [-0.2, 0) is 17.8 Å². The summed E-state index contributed by atoms with van der Waals surface area (Å²) in [5.74, 6) is 1.09. The Bertz CT molecular complexity index is 304. The molecule has 0 spiro atoms. The second-order valence-electron chi connectivity index (χ2n) is 3.51. The van der Waals surface area contributed by atoms with Gasteiger partial charge in [-0.05, 0) is 6.42 Å². The number of imidazole rings is 1. The molecule has 0 saturated heterocycles. The molecule has 4 heteroatoms. The average molecular weight is 195 g/mol. The number of aromatic nitrogens is 2. The maximum absolute atomic E-state index is 11.4. The number of carbonyl (C=O) groups is 1. The number of nitrogens with zero attached hydrogens (tertiary/aromatic N) is 3. The SMILES string of the molecule is CCCc1nccn1CC(=O)N(C)C. The van der Waals surface area contributed by atoms with Crippen molar-refractivity contribution in [2.75, 3.05) is 14.1 Å². The molecular formula is C10H17N3O. The third kappa shape index (κ3) is 2.58. The maximum atomic E-state index is 11.4. The van der Waals surface area contributed by atoms with E-state index < -0.39 is 0 Å². The predicted molar refractivity (Wildman–Crippen MR) is 54.9 cm³/mol. The van der Waals surface area contributed by atoms with E-state index in [1.165, 1.54) is 0 Å². The molecule has 1 amide bonds. The molecule has 0 fully saturated rings. The minimum absolute atomic E-state index is 0.0975. The highest BCUT2D eigenvalue weighted by Gasteiger charge is 2.07. The molecule has 0 bridgehead atoms. The molecule has 0 atom stereocenters. The number of carbonyl (C=O) groups excluding carboxylic acids is 1. The van der Waals surface area contributed by atoms with Gasteiger partial charge >= 0.3 is 0 Å². The highest BCUT2D eigenvalue weighted by molar-refractivity contribution is 5.75. The van der Waals surface area contributed by atoms with Gasteiger partial charge in [0.15, 0.2) is 0 Å². The zero-order chi connectivity index (χ0) is 10.6. The van der Waals surface area contributed by atoms with Crippen LogP contribution in [0.4, 0.5) is 0 Å². The van der Waals surface area contributed by atoms with Crippen molar-refractivity contribution in [1.82, 2.24) is 14.5 Å². The third-order valence-corrected chi connectivity index (χ3v) is 2.08. The molecule has 0 unspecified atom stereocenters. The Morgan fingerprint density at radius 2 is 2.29 bits per heavy atom. The Morgan fingerprint density at radius 1 is 1.57 bits per heavy atom.